The molecule has 0 saturated carbocycles. The van der Waals surface area contributed by atoms with Crippen LogP contribution in [0.1, 0.15) is 33.1 Å². The molecule has 3 N–H and O–H groups in total. The first-order chi connectivity index (χ1) is 8.02. The van der Waals surface area contributed by atoms with Crippen molar-refractivity contribution in [1.82, 2.24) is 10.2 Å². The number of likely N-dealkylation sites (tertiary alicyclic amines) is 1. The number of hydrogen-bond donors (Lipinski definition) is 2. The van der Waals surface area contributed by atoms with Gasteiger partial charge in [-0.2, -0.15) is 0 Å². The lowest BCUT2D eigenvalue weighted by atomic mass is 9.96. The van der Waals surface area contributed by atoms with Crippen molar-refractivity contribution >= 4 is 11.8 Å². The summed E-state index contributed by atoms with van der Waals surface area (Å²) < 4.78 is 0. The number of nitrogens with one attached hydrogen (secondary N) is 1. The molecule has 5 nitrogen and oxygen atoms in total. The summed E-state index contributed by atoms with van der Waals surface area (Å²) in [6.45, 7) is 6.03. The summed E-state index contributed by atoms with van der Waals surface area (Å²) in [6, 6.07) is 0.227. The van der Waals surface area contributed by atoms with Crippen molar-refractivity contribution in [2.45, 2.75) is 39.2 Å². The molecule has 1 saturated heterocycles. The van der Waals surface area contributed by atoms with Crippen LogP contribution in [0.3, 0.4) is 0 Å². The Hall–Kier alpha value is -1.10. The predicted octanol–water partition coefficient (Wildman–Crippen LogP) is 0.0984. The van der Waals surface area contributed by atoms with Gasteiger partial charge < -0.3 is 11.1 Å². The SMILES string of the molecule is CCC(C)NC(=O)CN1CCC(C(N)=O)CC1. The number of primary amides is 1. The van der Waals surface area contributed by atoms with Crippen LogP contribution in [-0.4, -0.2) is 42.4 Å². The van der Waals surface area contributed by atoms with Gasteiger partial charge in [-0.25, -0.2) is 0 Å². The van der Waals surface area contributed by atoms with Crippen molar-refractivity contribution in [3.05, 3.63) is 0 Å². The van der Waals surface area contributed by atoms with Gasteiger partial charge in [0.1, 0.15) is 0 Å². The van der Waals surface area contributed by atoms with Gasteiger partial charge in [-0.15, -0.1) is 0 Å². The molecular weight excluding hydrogens is 218 g/mol. The molecule has 1 unspecified atom stereocenters. The zero-order valence-corrected chi connectivity index (χ0v) is 10.7. The third kappa shape index (κ3) is 4.73. The van der Waals surface area contributed by atoms with Crippen molar-refractivity contribution in [2.24, 2.45) is 11.7 Å². The third-order valence-electron chi connectivity index (χ3n) is 3.38. The molecule has 2 amide bonds. The number of nitrogens with zero attached hydrogens (tertiary/aromatic N) is 1. The predicted molar refractivity (Wildman–Crippen MR) is 66.3 cm³/mol. The number of piperidine rings is 1. The number of carbonyl (C=O) groups is 2. The molecular formula is C12H23N3O2. The van der Waals surface area contributed by atoms with Gasteiger partial charge in [-0.3, -0.25) is 14.5 Å². The summed E-state index contributed by atoms with van der Waals surface area (Å²) in [5.74, 6) is -0.158. The molecule has 1 atom stereocenters. The Bertz CT molecular complexity index is 273. The topological polar surface area (TPSA) is 75.4 Å². The van der Waals surface area contributed by atoms with E-state index in [9.17, 15) is 9.59 Å². The number of nitrogens with two attached hydrogens (primary N) is 1. The van der Waals surface area contributed by atoms with E-state index in [4.69, 9.17) is 5.73 Å². The summed E-state index contributed by atoms with van der Waals surface area (Å²) in [7, 11) is 0. The lowest BCUT2D eigenvalue weighted by Gasteiger charge is -2.30. The van der Waals surface area contributed by atoms with Crippen molar-refractivity contribution in [3.8, 4) is 0 Å². The van der Waals surface area contributed by atoms with E-state index < -0.39 is 0 Å². The van der Waals surface area contributed by atoms with Crippen LogP contribution >= 0.6 is 0 Å². The Labute approximate surface area is 103 Å². The average molecular weight is 241 g/mol. The van der Waals surface area contributed by atoms with Crippen LogP contribution in [-0.2, 0) is 9.59 Å². The van der Waals surface area contributed by atoms with Crippen molar-refractivity contribution < 1.29 is 9.59 Å². The standard InChI is InChI=1S/C12H23N3O2/c1-3-9(2)14-11(16)8-15-6-4-10(5-7-15)12(13)17/h9-10H,3-8H2,1-2H3,(H2,13,17)(H,14,16). The van der Waals surface area contributed by atoms with Crippen LogP contribution in [0.2, 0.25) is 0 Å². The van der Waals surface area contributed by atoms with E-state index >= 15 is 0 Å². The van der Waals surface area contributed by atoms with E-state index in [1.807, 2.05) is 13.8 Å². The lowest BCUT2D eigenvalue weighted by molar-refractivity contribution is -0.124. The van der Waals surface area contributed by atoms with Gasteiger partial charge in [0.05, 0.1) is 6.54 Å². The number of rotatable bonds is 5. The minimum Gasteiger partial charge on any atom is -0.369 e. The first-order valence-electron chi connectivity index (χ1n) is 6.34. The molecule has 0 aromatic rings. The van der Waals surface area contributed by atoms with E-state index in [0.29, 0.717) is 6.54 Å². The Morgan fingerprint density at radius 1 is 1.41 bits per heavy atom. The molecule has 1 aliphatic heterocycles. The first-order valence-corrected chi connectivity index (χ1v) is 6.34. The lowest BCUT2D eigenvalue weighted by Crippen LogP contribution is -2.45. The zero-order valence-electron chi connectivity index (χ0n) is 10.7. The molecule has 0 spiro atoms. The highest BCUT2D eigenvalue weighted by molar-refractivity contribution is 5.78. The highest BCUT2D eigenvalue weighted by atomic mass is 16.2. The summed E-state index contributed by atoms with van der Waals surface area (Å²) in [4.78, 5) is 24.7. The van der Waals surface area contributed by atoms with E-state index in [-0.39, 0.29) is 23.8 Å². The fourth-order valence-corrected chi connectivity index (χ4v) is 2.00. The van der Waals surface area contributed by atoms with Crippen LogP contribution < -0.4 is 11.1 Å². The molecule has 0 aromatic heterocycles. The fourth-order valence-electron chi connectivity index (χ4n) is 2.00. The molecule has 0 radical (unpaired) electrons. The number of carbonyl (C=O) groups excluding carboxylic acids is 2. The van der Waals surface area contributed by atoms with Gasteiger partial charge in [0.15, 0.2) is 0 Å². The van der Waals surface area contributed by atoms with E-state index in [2.05, 4.69) is 10.2 Å². The smallest absolute Gasteiger partial charge is 0.234 e. The molecule has 1 fully saturated rings. The monoisotopic (exact) mass is 241 g/mol. The first kappa shape index (κ1) is 14.0. The van der Waals surface area contributed by atoms with E-state index in [1.54, 1.807) is 0 Å². The molecule has 17 heavy (non-hydrogen) atoms. The number of amides is 2. The quantitative estimate of drug-likeness (QED) is 0.716. The van der Waals surface area contributed by atoms with Crippen LogP contribution in [0.15, 0.2) is 0 Å². The minimum absolute atomic E-state index is 0.0103. The summed E-state index contributed by atoms with van der Waals surface area (Å²) in [5, 5.41) is 2.94. The van der Waals surface area contributed by atoms with E-state index in [1.165, 1.54) is 0 Å². The summed E-state index contributed by atoms with van der Waals surface area (Å²) >= 11 is 0. The maximum atomic E-state index is 11.7. The molecule has 1 rings (SSSR count). The largest absolute Gasteiger partial charge is 0.369 e. The summed E-state index contributed by atoms with van der Waals surface area (Å²) in [5.41, 5.74) is 5.26. The maximum Gasteiger partial charge on any atom is 0.234 e. The van der Waals surface area contributed by atoms with Crippen LogP contribution in [0.25, 0.3) is 0 Å². The average Bonchev–Trinajstić information content (AvgIpc) is 2.29. The number of hydrogen-bond acceptors (Lipinski definition) is 3. The Kier molecular flexibility index (Phi) is 5.41. The van der Waals surface area contributed by atoms with Gasteiger partial charge in [0, 0.05) is 12.0 Å². The van der Waals surface area contributed by atoms with E-state index in [0.717, 1.165) is 32.4 Å². The maximum absolute atomic E-state index is 11.7. The third-order valence-corrected chi connectivity index (χ3v) is 3.38. The molecule has 5 heteroatoms. The second-order valence-electron chi connectivity index (χ2n) is 4.83. The molecule has 98 valence electrons. The highest BCUT2D eigenvalue weighted by Crippen LogP contribution is 2.16. The highest BCUT2D eigenvalue weighted by Gasteiger charge is 2.24. The Morgan fingerprint density at radius 3 is 2.47 bits per heavy atom. The van der Waals surface area contributed by atoms with Gasteiger partial charge in [-0.05, 0) is 39.3 Å². The van der Waals surface area contributed by atoms with Gasteiger partial charge in [-0.1, -0.05) is 6.92 Å². The minimum atomic E-state index is -0.214. The second-order valence-corrected chi connectivity index (χ2v) is 4.83. The zero-order chi connectivity index (χ0) is 12.8. The van der Waals surface area contributed by atoms with Crippen LogP contribution in [0.4, 0.5) is 0 Å². The molecule has 1 heterocycles. The van der Waals surface area contributed by atoms with Crippen LogP contribution in [0, 0.1) is 5.92 Å². The Morgan fingerprint density at radius 2 is 2.00 bits per heavy atom. The van der Waals surface area contributed by atoms with Gasteiger partial charge in [0.25, 0.3) is 0 Å². The van der Waals surface area contributed by atoms with Crippen molar-refractivity contribution in [3.63, 3.8) is 0 Å². The Balaban J connectivity index is 2.26. The fraction of sp³-hybridized carbons (Fsp3) is 0.833. The van der Waals surface area contributed by atoms with Crippen molar-refractivity contribution in [1.29, 1.82) is 0 Å². The molecule has 1 aliphatic rings. The molecule has 0 aromatic carbocycles. The van der Waals surface area contributed by atoms with Gasteiger partial charge >= 0.3 is 0 Å². The van der Waals surface area contributed by atoms with Crippen molar-refractivity contribution in [2.75, 3.05) is 19.6 Å². The summed E-state index contributed by atoms with van der Waals surface area (Å²) in [6.07, 6.45) is 2.48. The van der Waals surface area contributed by atoms with Crippen LogP contribution in [0.5, 0.6) is 0 Å². The second kappa shape index (κ2) is 6.59. The van der Waals surface area contributed by atoms with Gasteiger partial charge in [0.2, 0.25) is 11.8 Å². The normalized spacial score (nSPS) is 19.9. The molecule has 0 aliphatic carbocycles. The molecule has 0 bridgehead atoms.